The molecule has 0 amide bonds. The molecule has 2 aromatic heterocycles. The number of nitrogens with one attached hydrogen (secondary N) is 1. The molecule has 19 heavy (non-hydrogen) atoms. The molecule has 3 aromatic rings. The highest BCUT2D eigenvalue weighted by atomic mass is 16.5. The fourth-order valence-corrected chi connectivity index (χ4v) is 1.65. The minimum absolute atomic E-state index is 0.0914. The molecular weight excluding hydrogens is 248 g/mol. The predicted molar refractivity (Wildman–Crippen MR) is 64.3 cm³/mol. The molecule has 7 nitrogen and oxygen atoms in total. The lowest BCUT2D eigenvalue weighted by Gasteiger charge is -1.91. The van der Waals surface area contributed by atoms with Gasteiger partial charge in [-0.3, -0.25) is 0 Å². The van der Waals surface area contributed by atoms with Crippen LogP contribution in [0.4, 0.5) is 0 Å². The summed E-state index contributed by atoms with van der Waals surface area (Å²) in [6, 6.07) is 9.25. The van der Waals surface area contributed by atoms with E-state index < -0.39 is 5.97 Å². The van der Waals surface area contributed by atoms with Crippen molar-refractivity contribution in [3.8, 4) is 23.0 Å². The van der Waals surface area contributed by atoms with Crippen molar-refractivity contribution < 1.29 is 14.4 Å². The summed E-state index contributed by atoms with van der Waals surface area (Å²) in [5, 5.41) is 12.8. The van der Waals surface area contributed by atoms with Crippen LogP contribution in [0.3, 0.4) is 0 Å². The Morgan fingerprint density at radius 1 is 1.26 bits per heavy atom. The standard InChI is InChI=1S/C12H8N4O3/c17-12(18)9-8(13-6-14-9)11-15-10(16-19-11)7-4-2-1-3-5-7/h1-6H,(H,13,14)(H,17,18). The van der Waals surface area contributed by atoms with Crippen LogP contribution in [0.15, 0.2) is 41.2 Å². The lowest BCUT2D eigenvalue weighted by Crippen LogP contribution is -1.99. The van der Waals surface area contributed by atoms with Crippen molar-refractivity contribution in [1.82, 2.24) is 20.1 Å². The highest BCUT2D eigenvalue weighted by Gasteiger charge is 2.20. The zero-order valence-electron chi connectivity index (χ0n) is 9.57. The number of H-pyrrole nitrogens is 1. The summed E-state index contributed by atoms with van der Waals surface area (Å²) >= 11 is 0. The number of imidazole rings is 1. The fraction of sp³-hybridized carbons (Fsp3) is 0. The monoisotopic (exact) mass is 256 g/mol. The number of hydrogen-bond donors (Lipinski definition) is 2. The minimum Gasteiger partial charge on any atom is -0.476 e. The van der Waals surface area contributed by atoms with Crippen LogP contribution in [0.1, 0.15) is 10.5 Å². The molecule has 0 unspecified atom stereocenters. The van der Waals surface area contributed by atoms with Crippen LogP contribution in [0, 0.1) is 0 Å². The normalized spacial score (nSPS) is 10.5. The Kier molecular flexibility index (Phi) is 2.57. The van der Waals surface area contributed by atoms with Gasteiger partial charge in [0.25, 0.3) is 5.89 Å². The Bertz CT molecular complexity index is 717. The number of nitrogens with zero attached hydrogens (tertiary/aromatic N) is 3. The van der Waals surface area contributed by atoms with Gasteiger partial charge in [-0.1, -0.05) is 35.5 Å². The van der Waals surface area contributed by atoms with Gasteiger partial charge in [0.1, 0.15) is 5.69 Å². The lowest BCUT2D eigenvalue weighted by molar-refractivity contribution is 0.0691. The second-order valence-electron chi connectivity index (χ2n) is 3.72. The molecule has 0 fully saturated rings. The minimum atomic E-state index is -1.16. The second-order valence-corrected chi connectivity index (χ2v) is 3.72. The van der Waals surface area contributed by atoms with Crippen LogP contribution in [0.5, 0.6) is 0 Å². The van der Waals surface area contributed by atoms with E-state index in [-0.39, 0.29) is 17.3 Å². The number of benzene rings is 1. The first kappa shape index (κ1) is 11.1. The number of aromatic amines is 1. The maximum Gasteiger partial charge on any atom is 0.356 e. The topological polar surface area (TPSA) is 105 Å². The van der Waals surface area contributed by atoms with E-state index in [1.165, 1.54) is 6.33 Å². The van der Waals surface area contributed by atoms with Crippen LogP contribution in [-0.4, -0.2) is 31.2 Å². The van der Waals surface area contributed by atoms with E-state index >= 15 is 0 Å². The molecule has 0 bridgehead atoms. The van der Waals surface area contributed by atoms with Crippen LogP contribution in [0.2, 0.25) is 0 Å². The van der Waals surface area contributed by atoms with Gasteiger partial charge in [-0.25, -0.2) is 9.78 Å². The number of carboxylic acid groups (broad SMARTS) is 1. The van der Waals surface area contributed by atoms with Gasteiger partial charge in [-0.05, 0) is 0 Å². The van der Waals surface area contributed by atoms with Gasteiger partial charge in [-0.15, -0.1) is 0 Å². The van der Waals surface area contributed by atoms with E-state index in [0.29, 0.717) is 5.82 Å². The SMILES string of the molecule is O=C(O)c1nc[nH]c1-c1nc(-c2ccccc2)no1. The van der Waals surface area contributed by atoms with E-state index in [1.807, 2.05) is 30.3 Å². The molecule has 0 saturated heterocycles. The largest absolute Gasteiger partial charge is 0.476 e. The third-order valence-electron chi connectivity index (χ3n) is 2.51. The lowest BCUT2D eigenvalue weighted by atomic mass is 10.2. The van der Waals surface area contributed by atoms with Gasteiger partial charge >= 0.3 is 5.97 Å². The van der Waals surface area contributed by atoms with Crippen molar-refractivity contribution in [2.24, 2.45) is 0 Å². The van der Waals surface area contributed by atoms with Crippen molar-refractivity contribution in [3.05, 3.63) is 42.4 Å². The maximum absolute atomic E-state index is 11.0. The molecular formula is C12H8N4O3. The number of rotatable bonds is 3. The van der Waals surface area contributed by atoms with E-state index in [1.54, 1.807) is 0 Å². The molecule has 0 aliphatic rings. The van der Waals surface area contributed by atoms with E-state index in [9.17, 15) is 4.79 Å². The van der Waals surface area contributed by atoms with Gasteiger partial charge in [0, 0.05) is 5.56 Å². The van der Waals surface area contributed by atoms with E-state index in [0.717, 1.165) is 5.56 Å². The molecule has 0 atom stereocenters. The van der Waals surface area contributed by atoms with Crippen molar-refractivity contribution >= 4 is 5.97 Å². The van der Waals surface area contributed by atoms with Gasteiger partial charge in [0.05, 0.1) is 6.33 Å². The molecule has 3 rings (SSSR count). The Morgan fingerprint density at radius 3 is 2.79 bits per heavy atom. The molecule has 94 valence electrons. The first-order valence-corrected chi connectivity index (χ1v) is 5.42. The third-order valence-corrected chi connectivity index (χ3v) is 2.51. The van der Waals surface area contributed by atoms with Crippen molar-refractivity contribution in [3.63, 3.8) is 0 Å². The molecule has 1 aromatic carbocycles. The van der Waals surface area contributed by atoms with Gasteiger partial charge in [0.2, 0.25) is 5.82 Å². The average molecular weight is 256 g/mol. The number of hydrogen-bond acceptors (Lipinski definition) is 5. The maximum atomic E-state index is 11.0. The summed E-state index contributed by atoms with van der Waals surface area (Å²) in [6.45, 7) is 0. The summed E-state index contributed by atoms with van der Waals surface area (Å²) in [6.07, 6.45) is 1.27. The summed E-state index contributed by atoms with van der Waals surface area (Å²) < 4.78 is 5.06. The van der Waals surface area contributed by atoms with Crippen molar-refractivity contribution in [2.75, 3.05) is 0 Å². The molecule has 7 heteroatoms. The first-order valence-electron chi connectivity index (χ1n) is 5.42. The molecule has 2 N–H and O–H groups in total. The van der Waals surface area contributed by atoms with Gasteiger partial charge in [-0.2, -0.15) is 4.98 Å². The van der Waals surface area contributed by atoms with Crippen molar-refractivity contribution in [1.29, 1.82) is 0 Å². The van der Waals surface area contributed by atoms with E-state index in [4.69, 9.17) is 9.63 Å². The highest BCUT2D eigenvalue weighted by Crippen LogP contribution is 2.22. The molecule has 2 heterocycles. The third kappa shape index (κ3) is 1.97. The molecule has 0 saturated carbocycles. The summed E-state index contributed by atoms with van der Waals surface area (Å²) in [5.74, 6) is -0.675. The van der Waals surface area contributed by atoms with Crippen LogP contribution >= 0.6 is 0 Å². The Labute approximate surface area is 106 Å². The molecule has 0 spiro atoms. The summed E-state index contributed by atoms with van der Waals surface area (Å²) in [5.41, 5.74) is 0.833. The second kappa shape index (κ2) is 4.37. The molecule has 0 aliphatic carbocycles. The van der Waals surface area contributed by atoms with Gasteiger partial charge < -0.3 is 14.6 Å². The zero-order valence-corrected chi connectivity index (χ0v) is 9.57. The Balaban J connectivity index is 2.02. The van der Waals surface area contributed by atoms with Crippen LogP contribution < -0.4 is 0 Å². The fourth-order valence-electron chi connectivity index (χ4n) is 1.65. The Hall–Kier alpha value is -2.96. The Morgan fingerprint density at radius 2 is 2.05 bits per heavy atom. The number of aromatic carboxylic acids is 1. The van der Waals surface area contributed by atoms with E-state index in [2.05, 4.69) is 20.1 Å². The molecule has 0 radical (unpaired) electrons. The summed E-state index contributed by atoms with van der Waals surface area (Å²) in [4.78, 5) is 21.5. The first-order chi connectivity index (χ1) is 9.25. The smallest absolute Gasteiger partial charge is 0.356 e. The number of carboxylic acids is 1. The zero-order chi connectivity index (χ0) is 13.2. The van der Waals surface area contributed by atoms with Gasteiger partial charge in [0.15, 0.2) is 5.69 Å². The summed E-state index contributed by atoms with van der Waals surface area (Å²) in [7, 11) is 0. The molecule has 0 aliphatic heterocycles. The van der Waals surface area contributed by atoms with Crippen LogP contribution in [0.25, 0.3) is 23.0 Å². The highest BCUT2D eigenvalue weighted by molar-refractivity contribution is 5.91. The number of carbonyl (C=O) groups is 1. The van der Waals surface area contributed by atoms with Crippen molar-refractivity contribution in [2.45, 2.75) is 0 Å². The predicted octanol–water partition coefficient (Wildman–Crippen LogP) is 1.82. The average Bonchev–Trinajstić information content (AvgIpc) is 3.08. The number of aromatic nitrogens is 4. The van der Waals surface area contributed by atoms with Crippen LogP contribution in [-0.2, 0) is 0 Å². The quantitative estimate of drug-likeness (QED) is 0.740.